The van der Waals surface area contributed by atoms with Crippen molar-refractivity contribution < 1.29 is 28.6 Å². The van der Waals surface area contributed by atoms with E-state index in [0.29, 0.717) is 19.3 Å². The second-order valence-electron chi connectivity index (χ2n) is 19.2. The molecule has 1 atom stereocenters. The van der Waals surface area contributed by atoms with E-state index in [1.807, 2.05) is 6.08 Å². The maximum absolute atomic E-state index is 12.8. The van der Waals surface area contributed by atoms with Crippen LogP contribution in [0.5, 0.6) is 0 Å². The number of allylic oxidation sites excluding steroid dienone is 14. The minimum Gasteiger partial charge on any atom is -0.462 e. The first-order valence-electron chi connectivity index (χ1n) is 29.1. The highest BCUT2D eigenvalue weighted by Gasteiger charge is 2.19. The number of esters is 3. The molecule has 0 aromatic carbocycles. The van der Waals surface area contributed by atoms with Gasteiger partial charge in [0.15, 0.2) is 6.10 Å². The van der Waals surface area contributed by atoms with E-state index < -0.39 is 6.10 Å². The van der Waals surface area contributed by atoms with Crippen LogP contribution in [0, 0.1) is 0 Å². The zero-order chi connectivity index (χ0) is 50.0. The first-order chi connectivity index (χ1) is 34.0. The number of rotatable bonds is 52. The molecule has 0 fully saturated rings. The normalized spacial score (nSPS) is 12.7. The zero-order valence-electron chi connectivity index (χ0n) is 45.3. The van der Waals surface area contributed by atoms with E-state index in [9.17, 15) is 14.4 Å². The molecular formula is C63H108O6. The Morgan fingerprint density at radius 1 is 0.304 bits per heavy atom. The minimum absolute atomic E-state index is 0.102. The molecule has 0 bridgehead atoms. The second-order valence-corrected chi connectivity index (χ2v) is 19.2. The van der Waals surface area contributed by atoms with E-state index in [1.54, 1.807) is 0 Å². The molecule has 0 saturated heterocycles. The summed E-state index contributed by atoms with van der Waals surface area (Å²) in [4.78, 5) is 38.1. The Labute approximate surface area is 426 Å². The van der Waals surface area contributed by atoms with E-state index in [2.05, 4.69) is 99.8 Å². The van der Waals surface area contributed by atoms with Crippen molar-refractivity contribution in [3.63, 3.8) is 0 Å². The predicted octanol–water partition coefficient (Wildman–Crippen LogP) is 19.5. The molecule has 0 aliphatic carbocycles. The van der Waals surface area contributed by atoms with Gasteiger partial charge in [0.25, 0.3) is 0 Å². The van der Waals surface area contributed by atoms with Crippen LogP contribution < -0.4 is 0 Å². The lowest BCUT2D eigenvalue weighted by Gasteiger charge is -2.18. The van der Waals surface area contributed by atoms with Crippen LogP contribution in [-0.2, 0) is 28.6 Å². The standard InChI is InChI=1S/C63H108O6/c1-4-7-10-13-16-19-22-25-27-29-30-31-32-34-35-38-41-44-47-50-53-56-62(65)68-59-60(58-67-61(64)55-52-49-46-43-40-37-24-21-18-15-12-9-6-3)69-63(66)57-54-51-48-45-42-39-36-33-28-26-23-20-17-14-11-8-5-2/h9,12,17-18,20-21,26,28-30,37,40,46,49,60H,4-8,10-11,13-16,19,22-25,27,31-36,38-39,41-45,47-48,50-59H2,1-3H3/b12-9-,20-17-,21-18-,28-26-,30-29-,40-37-,49-46-. The van der Waals surface area contributed by atoms with Crippen molar-refractivity contribution in [2.45, 2.75) is 284 Å². The van der Waals surface area contributed by atoms with Crippen molar-refractivity contribution in [2.75, 3.05) is 13.2 Å². The summed E-state index contributed by atoms with van der Waals surface area (Å²) < 4.78 is 16.8. The van der Waals surface area contributed by atoms with Crippen LogP contribution in [0.1, 0.15) is 278 Å². The maximum Gasteiger partial charge on any atom is 0.306 e. The quantitative estimate of drug-likeness (QED) is 0.0262. The molecular weight excluding hydrogens is 853 g/mol. The number of hydrogen-bond donors (Lipinski definition) is 0. The number of carbonyl (C=O) groups is 3. The summed E-state index contributed by atoms with van der Waals surface area (Å²) in [6.45, 7) is 6.44. The van der Waals surface area contributed by atoms with Crippen molar-refractivity contribution in [1.82, 2.24) is 0 Å². The van der Waals surface area contributed by atoms with E-state index >= 15 is 0 Å². The lowest BCUT2D eigenvalue weighted by molar-refractivity contribution is -0.166. The van der Waals surface area contributed by atoms with Gasteiger partial charge in [0.2, 0.25) is 0 Å². The van der Waals surface area contributed by atoms with Gasteiger partial charge in [-0.25, -0.2) is 0 Å². The summed E-state index contributed by atoms with van der Waals surface area (Å²) in [5.74, 6) is -0.992. The number of carbonyl (C=O) groups excluding carboxylic acids is 3. The molecule has 0 aromatic heterocycles. The van der Waals surface area contributed by atoms with Crippen LogP contribution in [0.15, 0.2) is 85.1 Å². The topological polar surface area (TPSA) is 78.9 Å². The SMILES string of the molecule is CC/C=C\C/C=C\C/C=C\C/C=C\CCC(=O)OCC(COC(=O)CCCCCCCCCCC/C=C\CCCCCCCCCC)OC(=O)CCCCCCCCC/C=C\C/C=C\CCCCC. The van der Waals surface area contributed by atoms with Crippen LogP contribution in [0.2, 0.25) is 0 Å². The van der Waals surface area contributed by atoms with Crippen molar-refractivity contribution in [2.24, 2.45) is 0 Å². The lowest BCUT2D eigenvalue weighted by Crippen LogP contribution is -2.30. The highest BCUT2D eigenvalue weighted by Crippen LogP contribution is 2.15. The first-order valence-corrected chi connectivity index (χ1v) is 29.1. The minimum atomic E-state index is -0.811. The van der Waals surface area contributed by atoms with Gasteiger partial charge in [-0.3, -0.25) is 14.4 Å². The third-order valence-electron chi connectivity index (χ3n) is 12.4. The fourth-order valence-corrected chi connectivity index (χ4v) is 8.01. The van der Waals surface area contributed by atoms with E-state index in [1.165, 1.54) is 154 Å². The maximum atomic E-state index is 12.8. The monoisotopic (exact) mass is 961 g/mol. The fraction of sp³-hybridized carbons (Fsp3) is 0.730. The van der Waals surface area contributed by atoms with Gasteiger partial charge in [0.1, 0.15) is 13.2 Å². The van der Waals surface area contributed by atoms with Gasteiger partial charge in [0.05, 0.1) is 0 Å². The van der Waals surface area contributed by atoms with Crippen LogP contribution in [0.4, 0.5) is 0 Å². The van der Waals surface area contributed by atoms with Gasteiger partial charge in [-0.15, -0.1) is 0 Å². The number of unbranched alkanes of at least 4 members (excludes halogenated alkanes) is 27. The molecule has 0 saturated carbocycles. The van der Waals surface area contributed by atoms with Crippen molar-refractivity contribution >= 4 is 17.9 Å². The summed E-state index contributed by atoms with van der Waals surface area (Å²) in [6.07, 6.45) is 74.5. The fourth-order valence-electron chi connectivity index (χ4n) is 8.01. The van der Waals surface area contributed by atoms with Crippen LogP contribution >= 0.6 is 0 Å². The molecule has 6 nitrogen and oxygen atoms in total. The van der Waals surface area contributed by atoms with Gasteiger partial charge in [-0.1, -0.05) is 241 Å². The molecule has 0 aliphatic rings. The molecule has 69 heavy (non-hydrogen) atoms. The molecule has 396 valence electrons. The molecule has 0 rings (SSSR count). The van der Waals surface area contributed by atoms with E-state index in [0.717, 1.165) is 77.0 Å². The summed E-state index contributed by atoms with van der Waals surface area (Å²) >= 11 is 0. The molecule has 0 N–H and O–H groups in total. The Bertz CT molecular complexity index is 1330. The van der Waals surface area contributed by atoms with Gasteiger partial charge in [0, 0.05) is 19.3 Å². The Kier molecular flexibility index (Phi) is 54.3. The van der Waals surface area contributed by atoms with Crippen molar-refractivity contribution in [3.8, 4) is 0 Å². The summed E-state index contributed by atoms with van der Waals surface area (Å²) in [6, 6.07) is 0. The molecule has 0 spiro atoms. The summed E-state index contributed by atoms with van der Waals surface area (Å²) in [5.41, 5.74) is 0. The average molecular weight is 962 g/mol. The lowest BCUT2D eigenvalue weighted by atomic mass is 10.1. The molecule has 0 heterocycles. The molecule has 0 amide bonds. The number of ether oxygens (including phenoxy) is 3. The molecule has 0 aromatic rings. The molecule has 1 unspecified atom stereocenters. The highest BCUT2D eigenvalue weighted by molar-refractivity contribution is 5.71. The van der Waals surface area contributed by atoms with Crippen molar-refractivity contribution in [1.29, 1.82) is 0 Å². The predicted molar refractivity (Wildman–Crippen MR) is 297 cm³/mol. The van der Waals surface area contributed by atoms with Gasteiger partial charge >= 0.3 is 17.9 Å². The third kappa shape index (κ3) is 55.4. The zero-order valence-corrected chi connectivity index (χ0v) is 45.3. The Hall–Kier alpha value is -3.41. The van der Waals surface area contributed by atoms with Gasteiger partial charge in [-0.05, 0) is 103 Å². The second kappa shape index (κ2) is 57.2. The summed E-state index contributed by atoms with van der Waals surface area (Å²) in [7, 11) is 0. The highest BCUT2D eigenvalue weighted by atomic mass is 16.6. The van der Waals surface area contributed by atoms with Crippen LogP contribution in [0.25, 0.3) is 0 Å². The Balaban J connectivity index is 4.40. The molecule has 6 heteroatoms. The first kappa shape index (κ1) is 65.6. The van der Waals surface area contributed by atoms with Gasteiger partial charge < -0.3 is 14.2 Å². The average Bonchev–Trinajstić information content (AvgIpc) is 3.35. The molecule has 0 radical (unpaired) electrons. The Morgan fingerprint density at radius 3 is 1.01 bits per heavy atom. The third-order valence-corrected chi connectivity index (χ3v) is 12.4. The number of hydrogen-bond acceptors (Lipinski definition) is 6. The largest absolute Gasteiger partial charge is 0.462 e. The van der Waals surface area contributed by atoms with Crippen molar-refractivity contribution in [3.05, 3.63) is 85.1 Å². The molecule has 0 aliphatic heterocycles. The Morgan fingerprint density at radius 2 is 0.594 bits per heavy atom. The van der Waals surface area contributed by atoms with Gasteiger partial charge in [-0.2, -0.15) is 0 Å². The van der Waals surface area contributed by atoms with E-state index in [-0.39, 0.29) is 37.5 Å². The smallest absolute Gasteiger partial charge is 0.306 e. The van der Waals surface area contributed by atoms with Crippen LogP contribution in [0.3, 0.4) is 0 Å². The van der Waals surface area contributed by atoms with Crippen LogP contribution in [-0.4, -0.2) is 37.2 Å². The van der Waals surface area contributed by atoms with E-state index in [4.69, 9.17) is 14.2 Å². The summed E-state index contributed by atoms with van der Waals surface area (Å²) in [5, 5.41) is 0.